The first-order valence-electron chi connectivity index (χ1n) is 24.7. The van der Waals surface area contributed by atoms with Gasteiger partial charge in [-0.25, -0.2) is 19.2 Å². The summed E-state index contributed by atoms with van der Waals surface area (Å²) < 4.78 is 40.4. The maximum atomic E-state index is 13.9. The second-order valence-corrected chi connectivity index (χ2v) is 20.9. The van der Waals surface area contributed by atoms with Crippen LogP contribution >= 0.6 is 0 Å². The van der Waals surface area contributed by atoms with Gasteiger partial charge in [-0.15, -0.1) is 0 Å². The molecule has 10 N–H and O–H groups in total. The zero-order valence-electron chi connectivity index (χ0n) is 43.9. The Balaban J connectivity index is 1.48. The highest BCUT2D eigenvalue weighted by Crippen LogP contribution is 2.38. The summed E-state index contributed by atoms with van der Waals surface area (Å²) in [5.41, 5.74) is -3.03. The predicted molar refractivity (Wildman–Crippen MR) is 267 cm³/mol. The number of benzene rings is 2. The number of aliphatic hydroxyl groups excluding tert-OH is 3. The molecule has 5 rings (SSSR count). The number of nitrogens with zero attached hydrogens (tertiary/aromatic N) is 2. The van der Waals surface area contributed by atoms with Crippen LogP contribution in [0.5, 0.6) is 0 Å². The molecule has 2 fully saturated rings. The number of alkyl carbamates (subject to hydrolysis) is 4. The van der Waals surface area contributed by atoms with Crippen molar-refractivity contribution >= 4 is 41.7 Å². The number of hydrogen-bond donors (Lipinski definition) is 10. The first-order chi connectivity index (χ1) is 36.0. The summed E-state index contributed by atoms with van der Waals surface area (Å²) in [6, 6.07) is 5.75. The molecule has 5 amide bonds. The van der Waals surface area contributed by atoms with Crippen LogP contribution < -0.4 is 31.9 Å². The summed E-state index contributed by atoms with van der Waals surface area (Å²) in [7, 11) is 1.48. The second kappa shape index (κ2) is 26.4. The Morgan fingerprint density at radius 3 is 1.86 bits per heavy atom. The number of nitro benzene ring substituents is 2. The summed E-state index contributed by atoms with van der Waals surface area (Å²) in [5, 5.41) is 84.8. The van der Waals surface area contributed by atoms with Crippen LogP contribution in [-0.4, -0.2) is 165 Å². The Morgan fingerprint density at radius 2 is 1.31 bits per heavy atom. The fourth-order valence-corrected chi connectivity index (χ4v) is 8.80. The lowest BCUT2D eigenvalue weighted by atomic mass is 9.72. The summed E-state index contributed by atoms with van der Waals surface area (Å²) in [6.45, 7) is 9.64. The summed E-state index contributed by atoms with van der Waals surface area (Å²) >= 11 is 0. The largest absolute Gasteiger partial charge is 0.491 e. The van der Waals surface area contributed by atoms with Crippen molar-refractivity contribution in [2.45, 2.75) is 159 Å². The third-order valence-corrected chi connectivity index (χ3v) is 12.4. The third kappa shape index (κ3) is 18.1. The van der Waals surface area contributed by atoms with Crippen LogP contribution in [-0.2, 0) is 51.2 Å². The minimum Gasteiger partial charge on any atom is -0.491 e. The van der Waals surface area contributed by atoms with Gasteiger partial charge >= 0.3 is 24.4 Å². The lowest BCUT2D eigenvalue weighted by molar-refractivity contribution is -0.385. The fraction of sp³-hybridized carbons (Fsp3) is 0.612. The Bertz CT molecular complexity index is 2410. The van der Waals surface area contributed by atoms with Crippen LogP contribution in [0.15, 0.2) is 60.4 Å². The van der Waals surface area contributed by atoms with Crippen molar-refractivity contribution < 1.29 is 87.4 Å². The Labute approximate surface area is 443 Å². The second-order valence-electron chi connectivity index (χ2n) is 20.9. The molecule has 0 bridgehead atoms. The maximum absolute atomic E-state index is 13.9. The van der Waals surface area contributed by atoms with Crippen molar-refractivity contribution in [3.8, 4) is 0 Å². The Morgan fingerprint density at radius 1 is 0.766 bits per heavy atom. The average Bonchev–Trinajstić information content (AvgIpc) is 3.33. The van der Waals surface area contributed by atoms with Crippen molar-refractivity contribution in [2.24, 2.45) is 5.92 Å². The zero-order valence-corrected chi connectivity index (χ0v) is 43.9. The van der Waals surface area contributed by atoms with Gasteiger partial charge in [-0.1, -0.05) is 0 Å². The van der Waals surface area contributed by atoms with Crippen LogP contribution in [0, 0.1) is 26.1 Å². The summed E-state index contributed by atoms with van der Waals surface area (Å²) in [5.74, 6) is -2.31. The maximum Gasteiger partial charge on any atom is 0.407 e. The number of amides is 5. The molecule has 0 radical (unpaired) electrons. The van der Waals surface area contributed by atoms with E-state index in [0.29, 0.717) is 11.1 Å². The number of nitrogens with one attached hydrogen (secondary N) is 6. The molecule has 0 aromatic heterocycles. The van der Waals surface area contributed by atoms with Gasteiger partial charge < -0.3 is 85.5 Å². The van der Waals surface area contributed by atoms with Crippen molar-refractivity contribution in [3.63, 3.8) is 0 Å². The number of ether oxygens (including phenoxy) is 7. The van der Waals surface area contributed by atoms with E-state index in [0.717, 1.165) is 0 Å². The van der Waals surface area contributed by atoms with E-state index in [1.54, 1.807) is 41.5 Å². The van der Waals surface area contributed by atoms with Gasteiger partial charge in [-0.3, -0.25) is 25.0 Å². The minimum absolute atomic E-state index is 0.0731. The van der Waals surface area contributed by atoms with E-state index >= 15 is 0 Å². The van der Waals surface area contributed by atoms with Crippen LogP contribution in [0.3, 0.4) is 0 Å². The lowest BCUT2D eigenvalue weighted by Gasteiger charge is -2.51. The molecule has 12 atom stereocenters. The predicted octanol–water partition coefficient (Wildman–Crippen LogP) is 2.17. The minimum atomic E-state index is -1.88. The molecule has 2 aromatic rings. The molecule has 2 aliphatic heterocycles. The Kier molecular flexibility index (Phi) is 20.9. The summed E-state index contributed by atoms with van der Waals surface area (Å²) in [4.78, 5) is 87.7. The van der Waals surface area contributed by atoms with E-state index in [9.17, 15) is 64.6 Å². The van der Waals surface area contributed by atoms with E-state index in [4.69, 9.17) is 33.2 Å². The molecule has 1 saturated heterocycles. The molecule has 28 heteroatoms. The normalized spacial score (nSPS) is 26.7. The molecule has 1 saturated carbocycles. The number of nitro groups is 2. The average molecular weight is 1090 g/mol. The molecule has 2 heterocycles. The number of carbonyl (C=O) groups is 5. The van der Waals surface area contributed by atoms with Gasteiger partial charge in [0.05, 0.1) is 47.2 Å². The van der Waals surface area contributed by atoms with E-state index in [1.165, 1.54) is 68.6 Å². The highest BCUT2D eigenvalue weighted by atomic mass is 16.7. The van der Waals surface area contributed by atoms with Crippen molar-refractivity contribution in [3.05, 3.63) is 91.7 Å². The smallest absolute Gasteiger partial charge is 0.407 e. The lowest BCUT2D eigenvalue weighted by Crippen LogP contribution is -2.70. The summed E-state index contributed by atoms with van der Waals surface area (Å²) in [6.07, 6.45) is -12.8. The van der Waals surface area contributed by atoms with E-state index in [2.05, 4.69) is 31.9 Å². The van der Waals surface area contributed by atoms with Gasteiger partial charge in [-0.05, 0) is 116 Å². The highest BCUT2D eigenvalue weighted by Gasteiger charge is 2.55. The quantitative estimate of drug-likeness (QED) is 0.0547. The number of non-ortho nitro benzene ring substituents is 2. The van der Waals surface area contributed by atoms with Gasteiger partial charge in [0.1, 0.15) is 60.2 Å². The molecule has 0 spiro atoms. The molecule has 77 heavy (non-hydrogen) atoms. The van der Waals surface area contributed by atoms with Crippen molar-refractivity contribution in [2.75, 3.05) is 26.7 Å². The SMILES string of the molecule is CN[C@@H]1[C@@H](O)[C@@H](O[C@H]2[C@H](NC(=O)[C@@H](O)CCNC(=O)OC(C)(C)C)C[C@H](NC(=O)OC(C)(C)C)C([C@H]3OC(CNC(=O)OCc4ccc([N+](=O)[O-])cc4)=CC[C@H]3NC(=O)OCc3ccc([N+](=O)[O-])cc3)[C@@H]2O)OC[C@]1(C)O. The fourth-order valence-electron chi connectivity index (χ4n) is 8.80. The molecule has 1 unspecified atom stereocenters. The number of aliphatic hydroxyl groups is 4. The van der Waals surface area contributed by atoms with E-state index < -0.39 is 124 Å². The van der Waals surface area contributed by atoms with Gasteiger partial charge in [0.15, 0.2) is 6.29 Å². The number of carbonyl (C=O) groups excluding carboxylic acids is 5. The molecular formula is C49H70N8O20. The van der Waals surface area contributed by atoms with Crippen molar-refractivity contribution in [1.29, 1.82) is 0 Å². The standard InChI is InChI=1S/C49H70N8O20/c1-47(2,3)76-44(63)51-20-19-34(58)41(61)53-33-21-32(55-46(65)77-48(4,5)6)35(36(59)39(33)75-42-37(60)40(50-8)49(7,66)25-73-42)38-31(54-45(64)72-24-27-11-15-29(16-12-27)57(69)70)18-17-30(74-38)22-52-43(62)71-23-26-9-13-28(14-10-26)56(67)68/h9-17,31-40,42,50,58-60,66H,18-25H2,1-8H3,(H,51,63)(H,52,62)(H,53,61)(H,54,64)(H,55,65)/t31-,32+,33-,34+,35?,36+,37-,38+,39+,40-,42-,49+/m1/s1. The first kappa shape index (κ1) is 60.9. The Hall–Kier alpha value is -6.95. The molecule has 2 aromatic carbocycles. The molecule has 1 aliphatic carbocycles. The third-order valence-electron chi connectivity index (χ3n) is 12.4. The molecule has 3 aliphatic rings. The number of rotatable bonds is 19. The van der Waals surface area contributed by atoms with Crippen LogP contribution in [0.1, 0.15) is 78.9 Å². The first-order valence-corrected chi connectivity index (χ1v) is 24.7. The molecular weight excluding hydrogens is 1020 g/mol. The van der Waals surface area contributed by atoms with Gasteiger partial charge in [0.25, 0.3) is 11.4 Å². The molecule has 28 nitrogen and oxygen atoms in total. The van der Waals surface area contributed by atoms with Crippen LogP contribution in [0.2, 0.25) is 0 Å². The van der Waals surface area contributed by atoms with Crippen molar-refractivity contribution in [1.82, 2.24) is 31.9 Å². The molecule has 426 valence electrons. The number of hydrogen-bond acceptors (Lipinski definition) is 21. The van der Waals surface area contributed by atoms with E-state index in [-0.39, 0.29) is 69.3 Å². The zero-order chi connectivity index (χ0) is 57.0. The van der Waals surface area contributed by atoms with Gasteiger partial charge in [-0.2, -0.15) is 0 Å². The van der Waals surface area contributed by atoms with Crippen LogP contribution in [0.25, 0.3) is 0 Å². The van der Waals surface area contributed by atoms with Gasteiger partial charge in [0.2, 0.25) is 5.91 Å². The number of likely N-dealkylation sites (N-methyl/N-ethyl adjacent to an activating group) is 1. The van der Waals surface area contributed by atoms with Gasteiger partial charge in [0, 0.05) is 42.8 Å². The van der Waals surface area contributed by atoms with E-state index in [1.807, 2.05) is 0 Å². The highest BCUT2D eigenvalue weighted by molar-refractivity contribution is 5.81. The topological polar surface area (TPSA) is 389 Å². The monoisotopic (exact) mass is 1090 g/mol. The van der Waals surface area contributed by atoms with Crippen LogP contribution in [0.4, 0.5) is 30.6 Å².